The zero-order valence-electron chi connectivity index (χ0n) is 18.4. The number of aliphatic hydroxyl groups excluding tert-OH is 1. The minimum atomic E-state index is -0.449. The van der Waals surface area contributed by atoms with Crippen molar-refractivity contribution in [3.8, 4) is 0 Å². The lowest BCUT2D eigenvalue weighted by Crippen LogP contribution is -2.39. The summed E-state index contributed by atoms with van der Waals surface area (Å²) < 4.78 is 30.0. The zero-order chi connectivity index (χ0) is 22.9. The molecule has 2 fully saturated rings. The number of anilines is 1. The molecular weight excluding hydrogens is 426 g/mol. The molecule has 3 aromatic rings. The van der Waals surface area contributed by atoms with Gasteiger partial charge in [-0.2, -0.15) is 5.10 Å². The third-order valence-corrected chi connectivity index (χ3v) is 7.03. The minimum Gasteiger partial charge on any atom is -0.396 e. The highest BCUT2D eigenvalue weighted by Crippen LogP contribution is 2.38. The number of fused-ring (bicyclic) bond motifs is 1. The Kier molecular flexibility index (Phi) is 6.01. The number of carbonyl (C=O) groups is 1. The molecule has 1 aliphatic heterocycles. The van der Waals surface area contributed by atoms with Gasteiger partial charge in [0.1, 0.15) is 11.6 Å². The summed E-state index contributed by atoms with van der Waals surface area (Å²) in [7, 11) is 0. The van der Waals surface area contributed by atoms with Crippen LogP contribution in [0.25, 0.3) is 5.52 Å². The number of aliphatic hydroxyl groups is 1. The zero-order valence-corrected chi connectivity index (χ0v) is 18.4. The van der Waals surface area contributed by atoms with Crippen LogP contribution in [0.15, 0.2) is 42.7 Å². The highest BCUT2D eigenvalue weighted by molar-refractivity contribution is 6.01. The van der Waals surface area contributed by atoms with Gasteiger partial charge in [0.25, 0.3) is 5.91 Å². The lowest BCUT2D eigenvalue weighted by Gasteiger charge is -2.28. The van der Waals surface area contributed by atoms with Gasteiger partial charge in [0.15, 0.2) is 0 Å². The molecule has 2 N–H and O–H groups in total. The van der Waals surface area contributed by atoms with Gasteiger partial charge < -0.3 is 15.3 Å². The van der Waals surface area contributed by atoms with E-state index in [9.17, 15) is 18.7 Å². The van der Waals surface area contributed by atoms with Crippen molar-refractivity contribution in [3.63, 3.8) is 0 Å². The molecule has 33 heavy (non-hydrogen) atoms. The van der Waals surface area contributed by atoms with E-state index in [-0.39, 0.29) is 30.5 Å². The predicted octanol–water partition coefficient (Wildman–Crippen LogP) is 4.23. The van der Waals surface area contributed by atoms with Crippen LogP contribution in [0.4, 0.5) is 14.5 Å². The van der Waals surface area contributed by atoms with Crippen LogP contribution >= 0.6 is 0 Å². The second kappa shape index (κ2) is 9.09. The maximum atomic E-state index is 14.5. The standard InChI is InChI=1S/C25H28F2N4O2/c26-17-6-7-22(27)20(12-17)23-5-2-9-30(23)19-8-10-31-24(13-19)21(14-28-31)25(33)29-18-4-1-3-16(11-18)15-32/h6-8,10,12-14,16,18,23,32H,1-5,9,11,15H2,(H,29,33). The summed E-state index contributed by atoms with van der Waals surface area (Å²) in [6, 6.07) is 7.16. The van der Waals surface area contributed by atoms with Gasteiger partial charge >= 0.3 is 0 Å². The summed E-state index contributed by atoms with van der Waals surface area (Å²) in [4.78, 5) is 15.1. The molecule has 0 radical (unpaired) electrons. The third kappa shape index (κ3) is 4.31. The van der Waals surface area contributed by atoms with Gasteiger partial charge in [0.05, 0.1) is 23.3 Å². The highest BCUT2D eigenvalue weighted by atomic mass is 19.1. The molecule has 5 rings (SSSR count). The molecule has 1 aliphatic carbocycles. The number of hydrogen-bond acceptors (Lipinski definition) is 4. The molecule has 3 heterocycles. The topological polar surface area (TPSA) is 69.9 Å². The SMILES string of the molecule is O=C(NC1CCCC(CO)C1)c1cnn2ccc(N3CCCC3c3cc(F)ccc3F)cc12. The molecular formula is C25H28F2N4O2. The number of hydrogen-bond donors (Lipinski definition) is 2. The van der Waals surface area contributed by atoms with Crippen LogP contribution in [0, 0.1) is 17.6 Å². The van der Waals surface area contributed by atoms with Crippen molar-refractivity contribution in [2.24, 2.45) is 5.92 Å². The van der Waals surface area contributed by atoms with Crippen molar-refractivity contribution in [2.75, 3.05) is 18.1 Å². The van der Waals surface area contributed by atoms with Crippen LogP contribution in [0.1, 0.15) is 60.5 Å². The molecule has 6 nitrogen and oxygen atoms in total. The molecule has 174 valence electrons. The van der Waals surface area contributed by atoms with Crippen molar-refractivity contribution in [3.05, 3.63) is 65.5 Å². The maximum absolute atomic E-state index is 14.5. The molecule has 2 aromatic heterocycles. The number of rotatable bonds is 5. The fourth-order valence-electron chi connectivity index (χ4n) is 5.34. The first-order chi connectivity index (χ1) is 16.0. The van der Waals surface area contributed by atoms with Crippen LogP contribution in [0.2, 0.25) is 0 Å². The van der Waals surface area contributed by atoms with E-state index < -0.39 is 11.6 Å². The molecule has 1 aromatic carbocycles. The fraction of sp³-hybridized carbons (Fsp3) is 0.440. The number of benzene rings is 1. The second-order valence-corrected chi connectivity index (χ2v) is 9.18. The molecule has 2 aliphatic rings. The Morgan fingerprint density at radius 3 is 2.88 bits per heavy atom. The lowest BCUT2D eigenvalue weighted by atomic mass is 9.86. The lowest BCUT2D eigenvalue weighted by molar-refractivity contribution is 0.0907. The van der Waals surface area contributed by atoms with Gasteiger partial charge in [0, 0.05) is 36.6 Å². The van der Waals surface area contributed by atoms with E-state index in [1.165, 1.54) is 12.1 Å². The monoisotopic (exact) mass is 454 g/mol. The van der Waals surface area contributed by atoms with Crippen LogP contribution in [0.3, 0.4) is 0 Å². The molecule has 1 saturated carbocycles. The maximum Gasteiger partial charge on any atom is 0.255 e. The van der Waals surface area contributed by atoms with Crippen molar-refractivity contribution in [1.82, 2.24) is 14.9 Å². The van der Waals surface area contributed by atoms with E-state index in [2.05, 4.69) is 15.3 Å². The van der Waals surface area contributed by atoms with Gasteiger partial charge in [0.2, 0.25) is 0 Å². The second-order valence-electron chi connectivity index (χ2n) is 9.18. The summed E-state index contributed by atoms with van der Waals surface area (Å²) >= 11 is 0. The van der Waals surface area contributed by atoms with Gasteiger partial charge in [-0.15, -0.1) is 0 Å². The van der Waals surface area contributed by atoms with Crippen molar-refractivity contribution < 1.29 is 18.7 Å². The van der Waals surface area contributed by atoms with E-state index in [0.717, 1.165) is 56.8 Å². The first kappa shape index (κ1) is 21.8. The Morgan fingerprint density at radius 1 is 1.15 bits per heavy atom. The molecule has 3 unspecified atom stereocenters. The molecule has 3 atom stereocenters. The first-order valence-electron chi connectivity index (χ1n) is 11.6. The van der Waals surface area contributed by atoms with E-state index in [4.69, 9.17) is 0 Å². The van der Waals surface area contributed by atoms with Crippen LogP contribution < -0.4 is 10.2 Å². The summed E-state index contributed by atoms with van der Waals surface area (Å²) in [6.07, 6.45) is 8.62. The first-order valence-corrected chi connectivity index (χ1v) is 11.6. The average molecular weight is 455 g/mol. The average Bonchev–Trinajstić information content (AvgIpc) is 3.47. The predicted molar refractivity (Wildman–Crippen MR) is 121 cm³/mol. The van der Waals surface area contributed by atoms with E-state index in [0.29, 0.717) is 16.6 Å². The Bertz CT molecular complexity index is 1160. The third-order valence-electron chi connectivity index (χ3n) is 7.03. The Balaban J connectivity index is 1.41. The van der Waals surface area contributed by atoms with Crippen LogP contribution in [-0.4, -0.2) is 39.8 Å². The Morgan fingerprint density at radius 2 is 2.03 bits per heavy atom. The minimum absolute atomic E-state index is 0.0421. The number of aromatic nitrogens is 2. The van der Waals surface area contributed by atoms with Gasteiger partial charge in [-0.1, -0.05) is 6.42 Å². The summed E-state index contributed by atoms with van der Waals surface area (Å²) in [6.45, 7) is 0.867. The van der Waals surface area contributed by atoms with E-state index >= 15 is 0 Å². The summed E-state index contributed by atoms with van der Waals surface area (Å²) in [5.41, 5.74) is 2.36. The quantitative estimate of drug-likeness (QED) is 0.605. The van der Waals surface area contributed by atoms with Crippen molar-refractivity contribution in [1.29, 1.82) is 0 Å². The number of carbonyl (C=O) groups excluding carboxylic acids is 1. The molecule has 1 amide bonds. The smallest absolute Gasteiger partial charge is 0.255 e. The summed E-state index contributed by atoms with van der Waals surface area (Å²) in [5, 5.41) is 16.9. The van der Waals surface area contributed by atoms with Crippen LogP contribution in [-0.2, 0) is 0 Å². The molecule has 0 spiro atoms. The molecule has 0 bridgehead atoms. The molecule has 8 heteroatoms. The van der Waals surface area contributed by atoms with Crippen molar-refractivity contribution in [2.45, 2.75) is 50.6 Å². The normalized spacial score (nSPS) is 23.2. The summed E-state index contributed by atoms with van der Waals surface area (Å²) in [5.74, 6) is -0.808. The number of nitrogens with one attached hydrogen (secondary N) is 1. The number of amides is 1. The number of halogens is 2. The highest BCUT2D eigenvalue weighted by Gasteiger charge is 2.30. The number of nitrogens with zero attached hydrogens (tertiary/aromatic N) is 3. The van der Waals surface area contributed by atoms with Crippen molar-refractivity contribution >= 4 is 17.1 Å². The fourth-order valence-corrected chi connectivity index (χ4v) is 5.34. The number of pyridine rings is 1. The Labute approximate surface area is 191 Å². The van der Waals surface area contributed by atoms with Crippen LogP contribution in [0.5, 0.6) is 0 Å². The Hall–Kier alpha value is -3.00. The van der Waals surface area contributed by atoms with E-state index in [1.807, 2.05) is 12.1 Å². The van der Waals surface area contributed by atoms with E-state index in [1.54, 1.807) is 16.9 Å². The van der Waals surface area contributed by atoms with Gasteiger partial charge in [-0.3, -0.25) is 4.79 Å². The molecule has 1 saturated heterocycles. The largest absolute Gasteiger partial charge is 0.396 e. The van der Waals surface area contributed by atoms with Gasteiger partial charge in [-0.05, 0) is 68.4 Å². The van der Waals surface area contributed by atoms with Gasteiger partial charge in [-0.25, -0.2) is 13.3 Å².